The van der Waals surface area contributed by atoms with Gasteiger partial charge in [0.15, 0.2) is 0 Å². The van der Waals surface area contributed by atoms with Crippen molar-refractivity contribution in [1.29, 1.82) is 0 Å². The van der Waals surface area contributed by atoms with Crippen LogP contribution in [0.5, 0.6) is 0 Å². The quantitative estimate of drug-likeness (QED) is 0.598. The van der Waals surface area contributed by atoms with Crippen LogP contribution < -0.4 is 0 Å². The average molecular weight is 156 g/mol. The van der Waals surface area contributed by atoms with Crippen molar-refractivity contribution >= 4 is 0 Å². The maximum Gasteiger partial charge on any atom is 0.0771 e. The van der Waals surface area contributed by atoms with E-state index in [1.165, 1.54) is 0 Å². The minimum Gasteiger partial charge on any atom is -0.396 e. The van der Waals surface area contributed by atoms with Gasteiger partial charge in [0, 0.05) is 12.5 Å². The van der Waals surface area contributed by atoms with E-state index in [1.54, 1.807) is 19.1 Å². The molecular formula is C9H16O2. The molecule has 0 aliphatic carbocycles. The maximum absolute atomic E-state index is 9.28. The zero-order valence-electron chi connectivity index (χ0n) is 7.12. The van der Waals surface area contributed by atoms with Crippen molar-refractivity contribution in [2.45, 2.75) is 20.0 Å². The molecule has 0 aliphatic heterocycles. The van der Waals surface area contributed by atoms with Gasteiger partial charge in [-0.05, 0) is 6.92 Å². The van der Waals surface area contributed by atoms with Crippen molar-refractivity contribution in [3.05, 3.63) is 24.3 Å². The van der Waals surface area contributed by atoms with E-state index in [1.807, 2.05) is 6.92 Å². The molecule has 0 fully saturated rings. The Bertz CT molecular complexity index is 150. The highest BCUT2D eigenvalue weighted by molar-refractivity contribution is 5.12. The molecule has 0 aromatic heterocycles. The summed E-state index contributed by atoms with van der Waals surface area (Å²) < 4.78 is 0. The van der Waals surface area contributed by atoms with Crippen LogP contribution in [0.3, 0.4) is 0 Å². The molecule has 2 unspecified atom stereocenters. The Morgan fingerprint density at radius 1 is 1.64 bits per heavy atom. The number of aliphatic hydroxyl groups excluding tert-OH is 2. The summed E-state index contributed by atoms with van der Waals surface area (Å²) in [5, 5.41) is 17.9. The fourth-order valence-corrected chi connectivity index (χ4v) is 0.561. The lowest BCUT2D eigenvalue weighted by molar-refractivity contribution is 0.111. The maximum atomic E-state index is 9.28. The van der Waals surface area contributed by atoms with E-state index in [0.717, 1.165) is 5.57 Å². The number of hydrogen-bond donors (Lipinski definition) is 2. The summed E-state index contributed by atoms with van der Waals surface area (Å²) in [5.74, 6) is -0.106. The molecule has 11 heavy (non-hydrogen) atoms. The van der Waals surface area contributed by atoms with Gasteiger partial charge < -0.3 is 10.2 Å². The first-order chi connectivity index (χ1) is 5.07. The highest BCUT2D eigenvalue weighted by atomic mass is 16.3. The molecule has 0 radical (unpaired) electrons. The smallest absolute Gasteiger partial charge is 0.0771 e. The molecule has 2 N–H and O–H groups in total. The second-order valence-corrected chi connectivity index (χ2v) is 2.86. The van der Waals surface area contributed by atoms with E-state index in [2.05, 4.69) is 6.58 Å². The third-order valence-electron chi connectivity index (χ3n) is 1.45. The average Bonchev–Trinajstić information content (AvgIpc) is 1.98. The molecule has 0 spiro atoms. The molecule has 0 saturated carbocycles. The second-order valence-electron chi connectivity index (χ2n) is 2.86. The van der Waals surface area contributed by atoms with Crippen LogP contribution >= 0.6 is 0 Å². The van der Waals surface area contributed by atoms with Gasteiger partial charge in [0.05, 0.1) is 6.10 Å². The van der Waals surface area contributed by atoms with Crippen LogP contribution in [0.4, 0.5) is 0 Å². The predicted octanol–water partition coefficient (Wildman–Crippen LogP) is 1.11. The molecule has 0 amide bonds. The molecular weight excluding hydrogens is 140 g/mol. The highest BCUT2D eigenvalue weighted by Crippen LogP contribution is 2.04. The molecule has 2 atom stereocenters. The van der Waals surface area contributed by atoms with E-state index < -0.39 is 6.10 Å². The summed E-state index contributed by atoms with van der Waals surface area (Å²) in [7, 11) is 0. The van der Waals surface area contributed by atoms with E-state index >= 15 is 0 Å². The fraction of sp³-hybridized carbons (Fsp3) is 0.556. The molecule has 0 rings (SSSR count). The molecule has 64 valence electrons. The fourth-order valence-electron chi connectivity index (χ4n) is 0.561. The number of rotatable bonds is 4. The Morgan fingerprint density at radius 2 is 2.18 bits per heavy atom. The Hall–Kier alpha value is -0.600. The summed E-state index contributed by atoms with van der Waals surface area (Å²) in [5.41, 5.74) is 0.897. The minimum atomic E-state index is -0.573. The normalized spacial score (nSPS) is 16.7. The van der Waals surface area contributed by atoms with Crippen molar-refractivity contribution in [2.24, 2.45) is 5.92 Å². The lowest BCUT2D eigenvalue weighted by atomic mass is 10.1. The van der Waals surface area contributed by atoms with Crippen LogP contribution in [0.2, 0.25) is 0 Å². The van der Waals surface area contributed by atoms with Gasteiger partial charge in [0.1, 0.15) is 0 Å². The Balaban J connectivity index is 3.85. The van der Waals surface area contributed by atoms with Gasteiger partial charge in [-0.2, -0.15) is 0 Å². The standard InChI is InChI=1S/C9H16O2/c1-7(2)4-5-9(11)8(3)6-10/h4-5,8-11H,1,6H2,2-3H3. The monoisotopic (exact) mass is 156 g/mol. The van der Waals surface area contributed by atoms with Crippen LogP contribution in [-0.4, -0.2) is 22.9 Å². The minimum absolute atomic E-state index is 0.00168. The predicted molar refractivity (Wildman–Crippen MR) is 46.2 cm³/mol. The number of allylic oxidation sites excluding steroid dienone is 2. The van der Waals surface area contributed by atoms with Gasteiger partial charge in [-0.25, -0.2) is 0 Å². The van der Waals surface area contributed by atoms with Gasteiger partial charge in [-0.15, -0.1) is 0 Å². The number of aliphatic hydroxyl groups is 2. The third-order valence-corrected chi connectivity index (χ3v) is 1.45. The molecule has 0 saturated heterocycles. The molecule has 2 nitrogen and oxygen atoms in total. The van der Waals surface area contributed by atoms with E-state index in [0.29, 0.717) is 0 Å². The van der Waals surface area contributed by atoms with Crippen LogP contribution in [0.1, 0.15) is 13.8 Å². The van der Waals surface area contributed by atoms with E-state index in [9.17, 15) is 5.11 Å². The highest BCUT2D eigenvalue weighted by Gasteiger charge is 2.08. The Kier molecular flexibility index (Phi) is 4.83. The molecule has 0 aromatic carbocycles. The largest absolute Gasteiger partial charge is 0.396 e. The van der Waals surface area contributed by atoms with Crippen LogP contribution in [0.15, 0.2) is 24.3 Å². The topological polar surface area (TPSA) is 40.5 Å². The first-order valence-corrected chi connectivity index (χ1v) is 3.70. The summed E-state index contributed by atoms with van der Waals surface area (Å²) in [6.45, 7) is 7.29. The Morgan fingerprint density at radius 3 is 2.55 bits per heavy atom. The first-order valence-electron chi connectivity index (χ1n) is 3.70. The lowest BCUT2D eigenvalue weighted by Crippen LogP contribution is -2.17. The zero-order chi connectivity index (χ0) is 8.85. The van der Waals surface area contributed by atoms with Gasteiger partial charge in [-0.1, -0.05) is 31.2 Å². The summed E-state index contributed by atoms with van der Waals surface area (Å²) in [6.07, 6.45) is 2.82. The van der Waals surface area contributed by atoms with Gasteiger partial charge in [0.2, 0.25) is 0 Å². The van der Waals surface area contributed by atoms with E-state index in [-0.39, 0.29) is 12.5 Å². The first kappa shape index (κ1) is 10.4. The lowest BCUT2D eigenvalue weighted by Gasteiger charge is -2.11. The molecule has 2 heteroatoms. The third kappa shape index (κ3) is 4.76. The van der Waals surface area contributed by atoms with Crippen molar-refractivity contribution in [2.75, 3.05) is 6.61 Å². The van der Waals surface area contributed by atoms with Crippen LogP contribution in [-0.2, 0) is 0 Å². The molecule has 0 aliphatic rings. The van der Waals surface area contributed by atoms with Crippen LogP contribution in [0.25, 0.3) is 0 Å². The van der Waals surface area contributed by atoms with Crippen LogP contribution in [0, 0.1) is 5.92 Å². The second kappa shape index (κ2) is 5.10. The molecule has 0 aromatic rings. The number of hydrogen-bond acceptors (Lipinski definition) is 2. The zero-order valence-corrected chi connectivity index (χ0v) is 7.12. The van der Waals surface area contributed by atoms with Crippen molar-refractivity contribution < 1.29 is 10.2 Å². The SMILES string of the molecule is C=C(C)C=CC(O)C(C)CO. The van der Waals surface area contributed by atoms with E-state index in [4.69, 9.17) is 5.11 Å². The van der Waals surface area contributed by atoms with Crippen molar-refractivity contribution in [3.63, 3.8) is 0 Å². The summed E-state index contributed by atoms with van der Waals surface area (Å²) in [4.78, 5) is 0. The summed E-state index contributed by atoms with van der Waals surface area (Å²) in [6, 6.07) is 0. The summed E-state index contributed by atoms with van der Waals surface area (Å²) >= 11 is 0. The van der Waals surface area contributed by atoms with Crippen molar-refractivity contribution in [3.8, 4) is 0 Å². The Labute approximate surface area is 67.9 Å². The molecule has 0 bridgehead atoms. The molecule has 0 heterocycles. The van der Waals surface area contributed by atoms with Gasteiger partial charge in [-0.3, -0.25) is 0 Å². The van der Waals surface area contributed by atoms with Crippen molar-refractivity contribution in [1.82, 2.24) is 0 Å². The van der Waals surface area contributed by atoms with Gasteiger partial charge >= 0.3 is 0 Å². The van der Waals surface area contributed by atoms with Gasteiger partial charge in [0.25, 0.3) is 0 Å².